The van der Waals surface area contributed by atoms with E-state index < -0.39 is 51.7 Å². The second-order valence-corrected chi connectivity index (χ2v) is 6.23. The van der Waals surface area contributed by atoms with Crippen LogP contribution in [0.2, 0.25) is 5.02 Å². The lowest BCUT2D eigenvalue weighted by molar-refractivity contribution is -0.143. The van der Waals surface area contributed by atoms with Crippen LogP contribution in [0.4, 0.5) is 36.4 Å². The van der Waals surface area contributed by atoms with Gasteiger partial charge in [0.2, 0.25) is 0 Å². The van der Waals surface area contributed by atoms with Gasteiger partial charge in [-0.15, -0.1) is 5.10 Å². The Morgan fingerprint density at radius 1 is 0.967 bits per heavy atom. The number of aromatic nitrogens is 3. The van der Waals surface area contributed by atoms with Gasteiger partial charge >= 0.3 is 12.4 Å². The predicted molar refractivity (Wildman–Crippen MR) is 90.7 cm³/mol. The van der Waals surface area contributed by atoms with Crippen molar-refractivity contribution in [1.82, 2.24) is 15.0 Å². The van der Waals surface area contributed by atoms with Crippen molar-refractivity contribution in [2.75, 3.05) is 5.32 Å². The second-order valence-electron chi connectivity index (χ2n) is 5.82. The van der Waals surface area contributed by atoms with Gasteiger partial charge in [-0.1, -0.05) is 16.8 Å². The van der Waals surface area contributed by atoms with Crippen LogP contribution in [0.3, 0.4) is 0 Å². The summed E-state index contributed by atoms with van der Waals surface area (Å²) in [6, 6.07) is 6.00. The molecule has 30 heavy (non-hydrogen) atoms. The van der Waals surface area contributed by atoms with E-state index in [-0.39, 0.29) is 10.4 Å². The maximum absolute atomic E-state index is 13.6. The zero-order valence-electron chi connectivity index (χ0n) is 14.3. The van der Waals surface area contributed by atoms with Gasteiger partial charge in [-0.25, -0.2) is 9.07 Å². The highest BCUT2D eigenvalue weighted by molar-refractivity contribution is 6.31. The summed E-state index contributed by atoms with van der Waals surface area (Å²) in [6.07, 6.45) is -9.96. The van der Waals surface area contributed by atoms with E-state index in [2.05, 4.69) is 10.3 Å². The number of amides is 1. The van der Waals surface area contributed by atoms with Crippen molar-refractivity contribution in [2.45, 2.75) is 12.4 Å². The summed E-state index contributed by atoms with van der Waals surface area (Å²) in [5.41, 5.74) is -4.75. The van der Waals surface area contributed by atoms with Crippen LogP contribution in [-0.4, -0.2) is 20.9 Å². The Bertz CT molecular complexity index is 1090. The highest BCUT2D eigenvalue weighted by atomic mass is 35.5. The molecule has 2 aromatic carbocycles. The molecular formula is C17H8ClF7N4O. The summed E-state index contributed by atoms with van der Waals surface area (Å²) in [5.74, 6) is -2.17. The molecule has 0 aliphatic rings. The van der Waals surface area contributed by atoms with Crippen LogP contribution in [0.5, 0.6) is 0 Å². The summed E-state index contributed by atoms with van der Waals surface area (Å²) < 4.78 is 92.8. The fraction of sp³-hybridized carbons (Fsp3) is 0.118. The van der Waals surface area contributed by atoms with Crippen molar-refractivity contribution in [3.8, 4) is 5.69 Å². The molecule has 158 valence electrons. The Hall–Kier alpha value is -3.15. The van der Waals surface area contributed by atoms with Gasteiger partial charge in [0, 0.05) is 5.69 Å². The molecule has 0 aliphatic heterocycles. The average molecular weight is 453 g/mol. The minimum atomic E-state index is -5.11. The Balaban J connectivity index is 2.00. The van der Waals surface area contributed by atoms with E-state index in [1.54, 1.807) is 0 Å². The van der Waals surface area contributed by atoms with Crippen LogP contribution in [0, 0.1) is 5.82 Å². The average Bonchev–Trinajstić information content (AvgIpc) is 3.08. The van der Waals surface area contributed by atoms with Gasteiger partial charge in [-0.05, 0) is 42.5 Å². The summed E-state index contributed by atoms with van der Waals surface area (Å²) in [5, 5.41) is 7.74. The van der Waals surface area contributed by atoms with Crippen molar-refractivity contribution in [3.05, 3.63) is 70.3 Å². The third kappa shape index (κ3) is 4.37. The first-order valence-corrected chi connectivity index (χ1v) is 8.22. The number of hydrogen-bond donors (Lipinski definition) is 1. The lowest BCUT2D eigenvalue weighted by Gasteiger charge is -2.13. The molecule has 0 unspecified atom stereocenters. The molecule has 1 heterocycles. The lowest BCUT2D eigenvalue weighted by atomic mass is 10.2. The molecule has 0 saturated heterocycles. The van der Waals surface area contributed by atoms with Crippen molar-refractivity contribution in [2.24, 2.45) is 0 Å². The second kappa shape index (κ2) is 7.59. The topological polar surface area (TPSA) is 59.8 Å². The normalized spacial score (nSPS) is 12.1. The first-order chi connectivity index (χ1) is 13.9. The number of carbonyl (C=O) groups excluding carboxylic acids is 1. The summed E-state index contributed by atoms with van der Waals surface area (Å²) in [4.78, 5) is 12.3. The van der Waals surface area contributed by atoms with Gasteiger partial charge in [0.05, 0.1) is 16.3 Å². The number of halogens is 8. The molecule has 3 aromatic rings. The monoisotopic (exact) mass is 452 g/mol. The molecule has 0 atom stereocenters. The smallest absolute Gasteiger partial charge is 0.321 e. The third-order valence-electron chi connectivity index (χ3n) is 3.75. The van der Waals surface area contributed by atoms with E-state index in [1.807, 2.05) is 5.32 Å². The van der Waals surface area contributed by atoms with Crippen molar-refractivity contribution >= 4 is 23.2 Å². The van der Waals surface area contributed by atoms with Crippen molar-refractivity contribution in [1.29, 1.82) is 0 Å². The quantitative estimate of drug-likeness (QED) is 0.545. The van der Waals surface area contributed by atoms with Crippen LogP contribution in [0.15, 0.2) is 42.5 Å². The molecule has 13 heteroatoms. The number of hydrogen-bond acceptors (Lipinski definition) is 3. The fourth-order valence-corrected chi connectivity index (χ4v) is 2.69. The number of alkyl halides is 6. The van der Waals surface area contributed by atoms with Crippen molar-refractivity contribution < 1.29 is 35.5 Å². The van der Waals surface area contributed by atoms with Crippen LogP contribution in [0.25, 0.3) is 5.69 Å². The van der Waals surface area contributed by atoms with E-state index in [0.717, 1.165) is 36.4 Å². The minimum Gasteiger partial charge on any atom is -0.321 e. The predicted octanol–water partition coefficient (Wildman–Crippen LogP) is 5.35. The molecule has 0 spiro atoms. The maximum atomic E-state index is 13.6. The van der Waals surface area contributed by atoms with Gasteiger partial charge in [-0.2, -0.15) is 26.3 Å². The minimum absolute atomic E-state index is 0.235. The van der Waals surface area contributed by atoms with Gasteiger partial charge < -0.3 is 5.32 Å². The largest absolute Gasteiger partial charge is 0.435 e. The van der Waals surface area contributed by atoms with Crippen molar-refractivity contribution in [3.63, 3.8) is 0 Å². The SMILES string of the molecule is O=C(Nc1ccc(Cl)c(C(F)(F)F)c1)c1nnn(-c2ccc(F)cc2)c1C(F)(F)F. The molecule has 0 aliphatic carbocycles. The van der Waals surface area contributed by atoms with Gasteiger partial charge in [-0.3, -0.25) is 4.79 Å². The highest BCUT2D eigenvalue weighted by Crippen LogP contribution is 2.37. The third-order valence-corrected chi connectivity index (χ3v) is 4.08. The number of anilines is 1. The van der Waals surface area contributed by atoms with Gasteiger partial charge in [0.15, 0.2) is 11.4 Å². The Morgan fingerprint density at radius 3 is 2.17 bits per heavy atom. The van der Waals surface area contributed by atoms with E-state index in [9.17, 15) is 35.5 Å². The number of nitrogens with one attached hydrogen (secondary N) is 1. The molecule has 5 nitrogen and oxygen atoms in total. The number of nitrogens with zero attached hydrogens (tertiary/aromatic N) is 3. The zero-order chi connectivity index (χ0) is 22.3. The standard InChI is InChI=1S/C17H8ClF7N4O/c18-12-6-3-9(7-11(12)16(20,21)22)26-15(30)13-14(17(23,24)25)29(28-27-13)10-4-1-8(19)2-5-10/h1-7H,(H,26,30). The van der Waals surface area contributed by atoms with E-state index >= 15 is 0 Å². The Kier molecular flexibility index (Phi) is 5.46. The van der Waals surface area contributed by atoms with E-state index in [0.29, 0.717) is 6.07 Å². The van der Waals surface area contributed by atoms with Gasteiger partial charge in [0.25, 0.3) is 5.91 Å². The van der Waals surface area contributed by atoms with E-state index in [4.69, 9.17) is 11.6 Å². The van der Waals surface area contributed by atoms with Crippen LogP contribution in [-0.2, 0) is 12.4 Å². The Labute approximate surface area is 168 Å². The van der Waals surface area contributed by atoms with Crippen LogP contribution >= 0.6 is 11.6 Å². The molecule has 3 rings (SSSR count). The molecular weight excluding hydrogens is 445 g/mol. The first-order valence-electron chi connectivity index (χ1n) is 7.85. The summed E-state index contributed by atoms with van der Waals surface area (Å²) in [7, 11) is 0. The summed E-state index contributed by atoms with van der Waals surface area (Å²) in [6.45, 7) is 0. The van der Waals surface area contributed by atoms with Gasteiger partial charge in [0.1, 0.15) is 5.82 Å². The van der Waals surface area contributed by atoms with Crippen LogP contribution in [0.1, 0.15) is 21.7 Å². The molecule has 1 amide bonds. The van der Waals surface area contributed by atoms with E-state index in [1.165, 1.54) is 0 Å². The maximum Gasteiger partial charge on any atom is 0.435 e. The number of rotatable bonds is 3. The molecule has 0 radical (unpaired) electrons. The van der Waals surface area contributed by atoms with Crippen LogP contribution < -0.4 is 5.32 Å². The first kappa shape index (κ1) is 21.6. The molecule has 0 saturated carbocycles. The lowest BCUT2D eigenvalue weighted by Crippen LogP contribution is -2.21. The zero-order valence-corrected chi connectivity index (χ0v) is 15.1. The highest BCUT2D eigenvalue weighted by Gasteiger charge is 2.42. The molecule has 1 aromatic heterocycles. The molecule has 1 N–H and O–H groups in total. The molecule has 0 bridgehead atoms. The summed E-state index contributed by atoms with van der Waals surface area (Å²) >= 11 is 5.47. The Morgan fingerprint density at radius 2 is 1.60 bits per heavy atom. The molecule has 0 fully saturated rings. The fourth-order valence-electron chi connectivity index (χ4n) is 2.46. The number of carbonyl (C=O) groups is 1. The number of benzene rings is 2.